The van der Waals surface area contributed by atoms with E-state index in [1.807, 2.05) is 7.05 Å². The van der Waals surface area contributed by atoms with E-state index in [-0.39, 0.29) is 24.0 Å². The fourth-order valence-electron chi connectivity index (χ4n) is 3.03. The van der Waals surface area contributed by atoms with Crippen LogP contribution in [0.2, 0.25) is 0 Å². The van der Waals surface area contributed by atoms with Gasteiger partial charge in [0.05, 0.1) is 0 Å². The Labute approximate surface area is 150 Å². The van der Waals surface area contributed by atoms with Crippen molar-refractivity contribution in [3.05, 3.63) is 29.3 Å². The molecule has 1 aliphatic carbocycles. The molecule has 4 nitrogen and oxygen atoms in total. The Morgan fingerprint density at radius 2 is 2.18 bits per heavy atom. The first-order chi connectivity index (χ1) is 10.2. The van der Waals surface area contributed by atoms with Crippen LogP contribution in [0.25, 0.3) is 0 Å². The van der Waals surface area contributed by atoms with Gasteiger partial charge in [0.25, 0.3) is 0 Å². The summed E-state index contributed by atoms with van der Waals surface area (Å²) in [5, 5.41) is 6.88. The molecule has 1 aromatic rings. The van der Waals surface area contributed by atoms with Crippen LogP contribution in [0.1, 0.15) is 30.9 Å². The Morgan fingerprint density at radius 3 is 2.86 bits per heavy atom. The zero-order valence-electron chi connectivity index (χ0n) is 13.7. The number of nitrogens with one attached hydrogen (secondary N) is 2. The van der Waals surface area contributed by atoms with Crippen molar-refractivity contribution >= 4 is 35.6 Å². The Balaban J connectivity index is 0.00000176. The second-order valence-corrected chi connectivity index (χ2v) is 6.38. The third kappa shape index (κ3) is 4.06. The molecule has 122 valence electrons. The minimum atomic E-state index is 0. The van der Waals surface area contributed by atoms with E-state index >= 15 is 0 Å². The van der Waals surface area contributed by atoms with E-state index in [0.717, 1.165) is 18.4 Å². The van der Waals surface area contributed by atoms with Crippen molar-refractivity contribution in [2.75, 3.05) is 25.5 Å². The maximum absolute atomic E-state index is 4.30. The molecule has 5 heteroatoms. The fourth-order valence-corrected chi connectivity index (χ4v) is 3.03. The molecule has 1 saturated carbocycles. The van der Waals surface area contributed by atoms with Gasteiger partial charge in [-0.3, -0.25) is 4.99 Å². The van der Waals surface area contributed by atoms with E-state index in [9.17, 15) is 0 Å². The lowest BCUT2D eigenvalue weighted by molar-refractivity contribution is 0.738. The first-order valence-corrected chi connectivity index (χ1v) is 7.97. The Morgan fingerprint density at radius 1 is 1.41 bits per heavy atom. The Bertz CT molecular complexity index is 543. The monoisotopic (exact) mass is 414 g/mol. The van der Waals surface area contributed by atoms with E-state index in [4.69, 9.17) is 0 Å². The molecule has 0 bridgehead atoms. The van der Waals surface area contributed by atoms with Crippen molar-refractivity contribution in [3.63, 3.8) is 0 Å². The summed E-state index contributed by atoms with van der Waals surface area (Å²) in [6.45, 7) is 4.27. The average Bonchev–Trinajstić information content (AvgIpc) is 3.18. The van der Waals surface area contributed by atoms with Gasteiger partial charge >= 0.3 is 0 Å². The lowest BCUT2D eigenvalue weighted by Crippen LogP contribution is -2.38. The van der Waals surface area contributed by atoms with Crippen LogP contribution >= 0.6 is 24.0 Å². The number of aliphatic imine (C=N–C) groups is 1. The van der Waals surface area contributed by atoms with Gasteiger partial charge < -0.3 is 15.5 Å². The summed E-state index contributed by atoms with van der Waals surface area (Å²) in [4.78, 5) is 6.66. The predicted molar refractivity (Wildman–Crippen MR) is 104 cm³/mol. The number of benzene rings is 1. The van der Waals surface area contributed by atoms with Crippen LogP contribution in [-0.4, -0.2) is 32.6 Å². The highest BCUT2D eigenvalue weighted by molar-refractivity contribution is 14.0. The number of nitrogens with zero attached hydrogens (tertiary/aromatic N) is 2. The molecule has 2 N–H and O–H groups in total. The van der Waals surface area contributed by atoms with Crippen LogP contribution in [-0.2, 0) is 13.0 Å². The van der Waals surface area contributed by atoms with Crippen molar-refractivity contribution in [3.8, 4) is 0 Å². The summed E-state index contributed by atoms with van der Waals surface area (Å²) in [5.41, 5.74) is 4.19. The Hall–Kier alpha value is -0.980. The molecular formula is C17H27IN4. The van der Waals surface area contributed by atoms with Gasteiger partial charge in [-0.05, 0) is 42.4 Å². The molecular weight excluding hydrogens is 387 g/mol. The van der Waals surface area contributed by atoms with Crippen LogP contribution in [0, 0.1) is 5.92 Å². The van der Waals surface area contributed by atoms with Crippen molar-refractivity contribution in [2.45, 2.75) is 38.8 Å². The zero-order chi connectivity index (χ0) is 14.8. The molecule has 0 amide bonds. The van der Waals surface area contributed by atoms with Crippen molar-refractivity contribution in [1.82, 2.24) is 10.6 Å². The first-order valence-electron chi connectivity index (χ1n) is 7.97. The van der Waals surface area contributed by atoms with Crippen LogP contribution in [0.15, 0.2) is 23.2 Å². The number of rotatable bonds is 3. The second-order valence-electron chi connectivity index (χ2n) is 6.38. The lowest BCUT2D eigenvalue weighted by atomic mass is 9.99. The standard InChI is InChI=1S/C17H26N4.HI/c1-12-9-15(12)20-17(18-2)19-11-13-6-7-16-14(10-13)5-4-8-21(16)3;/h6-7,10,12,15H,4-5,8-9,11H2,1-3H3,(H2,18,19,20);1H. The third-order valence-electron chi connectivity index (χ3n) is 4.61. The molecule has 2 atom stereocenters. The minimum Gasteiger partial charge on any atom is -0.374 e. The van der Waals surface area contributed by atoms with Crippen molar-refractivity contribution in [2.24, 2.45) is 10.9 Å². The zero-order valence-corrected chi connectivity index (χ0v) is 16.1. The van der Waals surface area contributed by atoms with Gasteiger partial charge in [-0.2, -0.15) is 0 Å². The topological polar surface area (TPSA) is 39.7 Å². The number of hydrogen-bond acceptors (Lipinski definition) is 2. The quantitative estimate of drug-likeness (QED) is 0.454. The van der Waals surface area contributed by atoms with Crippen LogP contribution in [0.3, 0.4) is 0 Å². The molecule has 0 radical (unpaired) electrons. The number of anilines is 1. The number of halogens is 1. The molecule has 1 heterocycles. The Kier molecular flexibility index (Phi) is 5.94. The summed E-state index contributed by atoms with van der Waals surface area (Å²) < 4.78 is 0. The minimum absolute atomic E-state index is 0. The van der Waals surface area contributed by atoms with Gasteiger partial charge in [0.2, 0.25) is 0 Å². The van der Waals surface area contributed by atoms with E-state index < -0.39 is 0 Å². The normalized spacial score (nSPS) is 23.4. The summed E-state index contributed by atoms with van der Waals surface area (Å²) in [7, 11) is 4.02. The maximum Gasteiger partial charge on any atom is 0.191 e. The smallest absolute Gasteiger partial charge is 0.191 e. The summed E-state index contributed by atoms with van der Waals surface area (Å²) in [5.74, 6) is 1.70. The maximum atomic E-state index is 4.30. The number of guanidine groups is 1. The summed E-state index contributed by atoms with van der Waals surface area (Å²) in [6.07, 6.45) is 3.70. The molecule has 2 unspecified atom stereocenters. The van der Waals surface area contributed by atoms with Gasteiger partial charge in [-0.25, -0.2) is 0 Å². The highest BCUT2D eigenvalue weighted by atomic mass is 127. The van der Waals surface area contributed by atoms with Crippen LogP contribution in [0.4, 0.5) is 5.69 Å². The number of hydrogen-bond donors (Lipinski definition) is 2. The van der Waals surface area contributed by atoms with E-state index in [0.29, 0.717) is 6.04 Å². The SMILES string of the molecule is CN=C(NCc1ccc2c(c1)CCCN2C)NC1CC1C.I. The largest absolute Gasteiger partial charge is 0.374 e. The molecule has 3 rings (SSSR count). The van der Waals surface area contributed by atoms with Gasteiger partial charge in [0, 0.05) is 38.9 Å². The molecule has 22 heavy (non-hydrogen) atoms. The van der Waals surface area contributed by atoms with Gasteiger partial charge in [-0.1, -0.05) is 19.1 Å². The highest BCUT2D eigenvalue weighted by Gasteiger charge is 2.33. The van der Waals surface area contributed by atoms with E-state index in [1.54, 1.807) is 0 Å². The predicted octanol–water partition coefficient (Wildman–Crippen LogP) is 2.76. The fraction of sp³-hybridized carbons (Fsp3) is 0.588. The van der Waals surface area contributed by atoms with Gasteiger partial charge in [0.15, 0.2) is 5.96 Å². The molecule has 1 aliphatic heterocycles. The van der Waals surface area contributed by atoms with Gasteiger partial charge in [-0.15, -0.1) is 24.0 Å². The second kappa shape index (κ2) is 7.53. The summed E-state index contributed by atoms with van der Waals surface area (Å²) in [6, 6.07) is 7.42. The molecule has 1 aromatic carbocycles. The van der Waals surface area contributed by atoms with Crippen LogP contribution in [0.5, 0.6) is 0 Å². The van der Waals surface area contributed by atoms with Crippen molar-refractivity contribution in [1.29, 1.82) is 0 Å². The molecule has 0 aromatic heterocycles. The first kappa shape index (κ1) is 17.4. The van der Waals surface area contributed by atoms with Gasteiger partial charge in [0.1, 0.15) is 0 Å². The molecule has 2 aliphatic rings. The number of aryl methyl sites for hydroxylation is 1. The van der Waals surface area contributed by atoms with E-state index in [1.165, 1.54) is 42.6 Å². The highest BCUT2D eigenvalue weighted by Crippen LogP contribution is 2.29. The summed E-state index contributed by atoms with van der Waals surface area (Å²) >= 11 is 0. The third-order valence-corrected chi connectivity index (χ3v) is 4.61. The molecule has 0 spiro atoms. The van der Waals surface area contributed by atoms with E-state index in [2.05, 4.69) is 52.7 Å². The lowest BCUT2D eigenvalue weighted by Gasteiger charge is -2.28. The van der Waals surface area contributed by atoms with Crippen LogP contribution < -0.4 is 15.5 Å². The molecule has 0 saturated heterocycles. The number of fused-ring (bicyclic) bond motifs is 1. The average molecular weight is 414 g/mol. The van der Waals surface area contributed by atoms with Crippen molar-refractivity contribution < 1.29 is 0 Å². The molecule has 1 fully saturated rings.